The van der Waals surface area contributed by atoms with E-state index in [0.29, 0.717) is 26.1 Å². The van der Waals surface area contributed by atoms with E-state index in [1.807, 2.05) is 30.3 Å². The molecule has 2 rings (SSSR count). The predicted molar refractivity (Wildman–Crippen MR) is 75.0 cm³/mol. The molecule has 0 aliphatic carbocycles. The molecule has 1 aromatic rings. The van der Waals surface area contributed by atoms with E-state index in [1.54, 1.807) is 6.08 Å². The third-order valence-electron chi connectivity index (χ3n) is 3.50. The van der Waals surface area contributed by atoms with Crippen LogP contribution in [0.2, 0.25) is 0 Å². The quantitative estimate of drug-likeness (QED) is 0.592. The molecule has 20 heavy (non-hydrogen) atoms. The zero-order valence-corrected chi connectivity index (χ0v) is 11.7. The molecule has 4 heteroatoms. The summed E-state index contributed by atoms with van der Waals surface area (Å²) >= 11 is 0. The number of hydrogen-bond acceptors (Lipinski definition) is 4. The number of ether oxygens (including phenoxy) is 3. The van der Waals surface area contributed by atoms with Gasteiger partial charge in [0.15, 0.2) is 0 Å². The Balaban J connectivity index is 2.38. The molecule has 1 atom stereocenters. The van der Waals surface area contributed by atoms with E-state index >= 15 is 0 Å². The van der Waals surface area contributed by atoms with Crippen molar-refractivity contribution in [2.45, 2.75) is 18.6 Å². The van der Waals surface area contributed by atoms with Gasteiger partial charge in [-0.1, -0.05) is 36.4 Å². The Labute approximate surface area is 119 Å². The highest BCUT2D eigenvalue weighted by Gasteiger charge is 2.49. The molecule has 1 aliphatic heterocycles. The Bertz CT molecular complexity index is 449. The Morgan fingerprint density at radius 2 is 2.05 bits per heavy atom. The highest BCUT2D eigenvalue weighted by molar-refractivity contribution is 5.74. The van der Waals surface area contributed by atoms with E-state index in [4.69, 9.17) is 14.2 Å². The minimum absolute atomic E-state index is 0.322. The number of allylic oxidation sites excluding steroid dienone is 1. The number of benzene rings is 1. The molecule has 0 N–H and O–H groups in total. The standard InChI is InChI=1S/C16H20O4/c1-3-4-10-14(15(17)18-2)16(19-11-12-20-16)13-8-6-5-7-9-13/h3,5-9,14H,1,4,10-12H2,2H3. The first-order chi connectivity index (χ1) is 9.74. The molecule has 1 unspecified atom stereocenters. The van der Waals surface area contributed by atoms with Crippen LogP contribution in [0.15, 0.2) is 43.0 Å². The van der Waals surface area contributed by atoms with Crippen LogP contribution < -0.4 is 0 Å². The summed E-state index contributed by atoms with van der Waals surface area (Å²) in [6, 6.07) is 9.56. The summed E-state index contributed by atoms with van der Waals surface area (Å²) in [5.74, 6) is -1.87. The van der Waals surface area contributed by atoms with E-state index in [2.05, 4.69) is 6.58 Å². The van der Waals surface area contributed by atoms with Gasteiger partial charge in [-0.3, -0.25) is 4.79 Å². The molecule has 1 saturated heterocycles. The number of methoxy groups -OCH3 is 1. The van der Waals surface area contributed by atoms with Crippen molar-refractivity contribution in [2.24, 2.45) is 5.92 Å². The Hall–Kier alpha value is -1.65. The second-order valence-electron chi connectivity index (χ2n) is 4.67. The summed E-state index contributed by atoms with van der Waals surface area (Å²) in [6.07, 6.45) is 3.05. The maximum absolute atomic E-state index is 12.2. The van der Waals surface area contributed by atoms with Crippen molar-refractivity contribution in [3.05, 3.63) is 48.6 Å². The molecule has 1 fully saturated rings. The van der Waals surface area contributed by atoms with Crippen molar-refractivity contribution >= 4 is 5.97 Å². The normalized spacial score (nSPS) is 18.4. The molecule has 0 saturated carbocycles. The van der Waals surface area contributed by atoms with E-state index in [9.17, 15) is 4.79 Å². The van der Waals surface area contributed by atoms with Gasteiger partial charge in [-0.2, -0.15) is 0 Å². The molecule has 1 aliphatic rings. The molecule has 0 spiro atoms. The maximum Gasteiger partial charge on any atom is 0.314 e. The van der Waals surface area contributed by atoms with E-state index in [1.165, 1.54) is 7.11 Å². The van der Waals surface area contributed by atoms with Crippen LogP contribution in [0.5, 0.6) is 0 Å². The lowest BCUT2D eigenvalue weighted by molar-refractivity contribution is -0.217. The summed E-state index contributed by atoms with van der Waals surface area (Å²) in [6.45, 7) is 4.64. The van der Waals surface area contributed by atoms with Crippen molar-refractivity contribution < 1.29 is 19.0 Å². The Morgan fingerprint density at radius 3 is 2.60 bits per heavy atom. The van der Waals surface area contributed by atoms with E-state index < -0.39 is 11.7 Å². The summed E-state index contributed by atoms with van der Waals surface area (Å²) < 4.78 is 16.6. The molecule has 4 nitrogen and oxygen atoms in total. The molecule has 0 radical (unpaired) electrons. The fraction of sp³-hybridized carbons (Fsp3) is 0.438. The van der Waals surface area contributed by atoms with E-state index in [0.717, 1.165) is 5.56 Å². The highest BCUT2D eigenvalue weighted by Crippen LogP contribution is 2.41. The number of rotatable bonds is 6. The summed E-state index contributed by atoms with van der Waals surface area (Å²) in [5.41, 5.74) is 0.844. The molecular weight excluding hydrogens is 256 g/mol. The largest absolute Gasteiger partial charge is 0.469 e. The number of hydrogen-bond donors (Lipinski definition) is 0. The second-order valence-corrected chi connectivity index (χ2v) is 4.67. The van der Waals surface area contributed by atoms with Gasteiger partial charge in [-0.15, -0.1) is 6.58 Å². The van der Waals surface area contributed by atoms with Crippen LogP contribution in [-0.2, 0) is 24.8 Å². The van der Waals surface area contributed by atoms with Crippen molar-refractivity contribution in [1.29, 1.82) is 0 Å². The Kier molecular flexibility index (Phi) is 4.93. The molecule has 0 amide bonds. The first-order valence-electron chi connectivity index (χ1n) is 6.76. The van der Waals surface area contributed by atoms with Crippen molar-refractivity contribution in [3.63, 3.8) is 0 Å². The lowest BCUT2D eigenvalue weighted by Gasteiger charge is -2.34. The van der Waals surface area contributed by atoms with Crippen LogP contribution in [0.4, 0.5) is 0 Å². The van der Waals surface area contributed by atoms with Gasteiger partial charge in [0.2, 0.25) is 5.79 Å². The van der Waals surface area contributed by atoms with Crippen molar-refractivity contribution in [2.75, 3.05) is 20.3 Å². The van der Waals surface area contributed by atoms with Gasteiger partial charge in [-0.05, 0) is 12.8 Å². The van der Waals surface area contributed by atoms with Crippen LogP contribution in [-0.4, -0.2) is 26.3 Å². The zero-order chi connectivity index (χ0) is 14.4. The van der Waals surface area contributed by atoms with Gasteiger partial charge in [0.05, 0.1) is 20.3 Å². The van der Waals surface area contributed by atoms with Crippen molar-refractivity contribution in [1.82, 2.24) is 0 Å². The fourth-order valence-electron chi connectivity index (χ4n) is 2.56. The molecule has 1 heterocycles. The average Bonchev–Trinajstić information content (AvgIpc) is 2.99. The van der Waals surface area contributed by atoms with Crippen LogP contribution in [0.25, 0.3) is 0 Å². The third kappa shape index (κ3) is 2.76. The zero-order valence-electron chi connectivity index (χ0n) is 11.7. The van der Waals surface area contributed by atoms with Gasteiger partial charge in [0, 0.05) is 5.56 Å². The number of esters is 1. The SMILES string of the molecule is C=CCCC(C(=O)OC)C1(c2ccccc2)OCCO1. The summed E-state index contributed by atoms with van der Waals surface area (Å²) in [5, 5.41) is 0. The van der Waals surface area contributed by atoms with Gasteiger partial charge in [-0.25, -0.2) is 0 Å². The first kappa shape index (κ1) is 14.8. The minimum Gasteiger partial charge on any atom is -0.469 e. The Morgan fingerprint density at radius 1 is 1.40 bits per heavy atom. The van der Waals surface area contributed by atoms with Crippen LogP contribution in [0, 0.1) is 5.92 Å². The van der Waals surface area contributed by atoms with Crippen LogP contribution in [0.3, 0.4) is 0 Å². The molecular formula is C16H20O4. The summed E-state index contributed by atoms with van der Waals surface area (Å²) in [7, 11) is 1.39. The van der Waals surface area contributed by atoms with Crippen molar-refractivity contribution in [3.8, 4) is 0 Å². The molecule has 108 valence electrons. The lowest BCUT2D eigenvalue weighted by Crippen LogP contribution is -2.41. The predicted octanol–water partition coefficient (Wildman–Crippen LogP) is 2.64. The van der Waals surface area contributed by atoms with Gasteiger partial charge in [0.25, 0.3) is 0 Å². The van der Waals surface area contributed by atoms with Gasteiger partial charge >= 0.3 is 5.97 Å². The molecule has 1 aromatic carbocycles. The van der Waals surface area contributed by atoms with Crippen LogP contribution >= 0.6 is 0 Å². The highest BCUT2D eigenvalue weighted by atomic mass is 16.7. The van der Waals surface area contributed by atoms with E-state index in [-0.39, 0.29) is 5.97 Å². The second kappa shape index (κ2) is 6.68. The van der Waals surface area contributed by atoms with Gasteiger partial charge in [0.1, 0.15) is 5.92 Å². The first-order valence-corrected chi connectivity index (χ1v) is 6.76. The number of carbonyl (C=O) groups excluding carboxylic acids is 1. The smallest absolute Gasteiger partial charge is 0.314 e. The van der Waals surface area contributed by atoms with Crippen LogP contribution in [0.1, 0.15) is 18.4 Å². The maximum atomic E-state index is 12.2. The molecule has 0 aromatic heterocycles. The molecule has 0 bridgehead atoms. The topological polar surface area (TPSA) is 44.8 Å². The number of carbonyl (C=O) groups is 1. The average molecular weight is 276 g/mol. The minimum atomic E-state index is -1.04. The fourth-order valence-corrected chi connectivity index (χ4v) is 2.56. The third-order valence-corrected chi connectivity index (χ3v) is 3.50. The summed E-state index contributed by atoms with van der Waals surface area (Å²) in [4.78, 5) is 12.2. The monoisotopic (exact) mass is 276 g/mol. The lowest BCUT2D eigenvalue weighted by atomic mass is 9.87. The van der Waals surface area contributed by atoms with Gasteiger partial charge < -0.3 is 14.2 Å².